The van der Waals surface area contributed by atoms with Gasteiger partial charge in [-0.05, 0) is 48.7 Å². The van der Waals surface area contributed by atoms with Crippen molar-refractivity contribution in [3.8, 4) is 0 Å². The lowest BCUT2D eigenvalue weighted by Crippen LogP contribution is -2.40. The monoisotopic (exact) mass is 417 g/mol. The van der Waals surface area contributed by atoms with Crippen LogP contribution in [0.2, 0.25) is 0 Å². The van der Waals surface area contributed by atoms with E-state index in [2.05, 4.69) is 9.80 Å². The molecule has 2 aromatic rings. The molecule has 3 heterocycles. The van der Waals surface area contributed by atoms with Crippen LogP contribution < -0.4 is 9.80 Å². The summed E-state index contributed by atoms with van der Waals surface area (Å²) < 4.78 is 46.8. The number of ether oxygens (including phenoxy) is 1. The molecule has 3 aliphatic rings. The lowest BCUT2D eigenvalue weighted by atomic mass is 10.1. The molecule has 0 unspecified atom stereocenters. The lowest BCUT2D eigenvalue weighted by Gasteiger charge is -2.28. The Bertz CT molecular complexity index is 1020. The molecule has 0 N–H and O–H groups in total. The van der Waals surface area contributed by atoms with Crippen molar-refractivity contribution in [2.24, 2.45) is 0 Å². The van der Waals surface area contributed by atoms with Crippen molar-refractivity contribution in [3.05, 3.63) is 53.8 Å². The van der Waals surface area contributed by atoms with Crippen molar-refractivity contribution >= 4 is 21.4 Å². The highest BCUT2D eigenvalue weighted by Gasteiger charge is 2.40. The van der Waals surface area contributed by atoms with Crippen LogP contribution in [0.15, 0.2) is 47.4 Å². The molecule has 6 nitrogen and oxygen atoms in total. The molecule has 2 fully saturated rings. The van der Waals surface area contributed by atoms with Crippen LogP contribution in [0.3, 0.4) is 0 Å². The molecular weight excluding hydrogens is 393 g/mol. The van der Waals surface area contributed by atoms with Gasteiger partial charge in [-0.1, -0.05) is 12.1 Å². The normalized spacial score (nSPS) is 22.0. The van der Waals surface area contributed by atoms with E-state index < -0.39 is 10.0 Å². The summed E-state index contributed by atoms with van der Waals surface area (Å²) in [6.07, 6.45) is 2.29. The zero-order valence-electron chi connectivity index (χ0n) is 16.1. The first-order valence-corrected chi connectivity index (χ1v) is 11.5. The first-order valence-electron chi connectivity index (χ1n) is 10.0. The largest absolute Gasteiger partial charge is 0.379 e. The van der Waals surface area contributed by atoms with Gasteiger partial charge in [0.1, 0.15) is 12.0 Å². The zero-order valence-corrected chi connectivity index (χ0v) is 16.9. The topological polar surface area (TPSA) is 53.1 Å². The maximum Gasteiger partial charge on any atom is 0.243 e. The molecule has 0 radical (unpaired) electrons. The summed E-state index contributed by atoms with van der Waals surface area (Å²) in [5.41, 5.74) is 2.85. The number of nitrogens with zero attached hydrogens (tertiary/aromatic N) is 3. The number of halogens is 1. The average molecular weight is 418 g/mol. The third kappa shape index (κ3) is 3.29. The first-order chi connectivity index (χ1) is 14.0. The van der Waals surface area contributed by atoms with E-state index in [-0.39, 0.29) is 12.0 Å². The van der Waals surface area contributed by atoms with Crippen LogP contribution in [0.5, 0.6) is 0 Å². The lowest BCUT2D eigenvalue weighted by molar-refractivity contribution is 0.0730. The molecule has 0 aromatic heterocycles. The number of benzene rings is 2. The number of fused-ring (bicyclic) bond motifs is 3. The fourth-order valence-corrected chi connectivity index (χ4v) is 6.04. The van der Waals surface area contributed by atoms with Crippen LogP contribution >= 0.6 is 0 Å². The van der Waals surface area contributed by atoms with Gasteiger partial charge in [0, 0.05) is 26.2 Å². The Morgan fingerprint density at radius 3 is 2.66 bits per heavy atom. The highest BCUT2D eigenvalue weighted by molar-refractivity contribution is 7.89. The van der Waals surface area contributed by atoms with Crippen molar-refractivity contribution in [3.63, 3.8) is 0 Å². The summed E-state index contributed by atoms with van der Waals surface area (Å²) in [5, 5.41) is 0. The summed E-state index contributed by atoms with van der Waals surface area (Å²) >= 11 is 0. The third-order valence-electron chi connectivity index (χ3n) is 6.00. The fourth-order valence-electron chi connectivity index (χ4n) is 4.61. The number of hydrogen-bond donors (Lipinski definition) is 0. The average Bonchev–Trinajstić information content (AvgIpc) is 3.31. The minimum atomic E-state index is -3.56. The van der Waals surface area contributed by atoms with Crippen LogP contribution in [0.1, 0.15) is 18.4 Å². The number of anilines is 2. The Hall–Kier alpha value is -2.16. The zero-order chi connectivity index (χ0) is 20.0. The minimum Gasteiger partial charge on any atom is -0.379 e. The molecule has 5 rings (SSSR count). The summed E-state index contributed by atoms with van der Waals surface area (Å²) in [6, 6.07) is 12.0. The first kappa shape index (κ1) is 18.8. The van der Waals surface area contributed by atoms with E-state index in [1.54, 1.807) is 24.3 Å². The predicted octanol–water partition coefficient (Wildman–Crippen LogP) is 2.79. The molecule has 0 amide bonds. The molecule has 0 spiro atoms. The molecule has 0 aliphatic carbocycles. The van der Waals surface area contributed by atoms with Gasteiger partial charge in [-0.25, -0.2) is 12.8 Å². The quantitative estimate of drug-likeness (QED) is 0.766. The van der Waals surface area contributed by atoms with Gasteiger partial charge in [-0.15, -0.1) is 0 Å². The molecule has 3 aliphatic heterocycles. The second-order valence-electron chi connectivity index (χ2n) is 7.74. The van der Waals surface area contributed by atoms with E-state index in [0.29, 0.717) is 37.7 Å². The second kappa shape index (κ2) is 7.27. The van der Waals surface area contributed by atoms with Gasteiger partial charge in [0.05, 0.1) is 29.5 Å². The molecule has 154 valence electrons. The van der Waals surface area contributed by atoms with Crippen molar-refractivity contribution in [1.82, 2.24) is 4.31 Å². The fraction of sp³-hybridized carbons (Fsp3) is 0.429. The Kier molecular flexibility index (Phi) is 4.72. The third-order valence-corrected chi connectivity index (χ3v) is 7.89. The molecule has 0 saturated carbocycles. The van der Waals surface area contributed by atoms with Crippen molar-refractivity contribution in [2.75, 3.05) is 42.6 Å². The standard InChI is InChI=1S/C21H24FN3O3S/c22-17-4-1-3-16(13-17)15-25-20-14-18(29(26,27)23-9-11-28-12-10-23)6-7-19(20)24-8-2-5-21(24)25/h1,3-4,6-7,13-14,21H,2,5,8-12,15H2/t21-/m1/s1. The Morgan fingerprint density at radius 1 is 1.03 bits per heavy atom. The van der Waals surface area contributed by atoms with E-state index in [1.807, 2.05) is 12.1 Å². The van der Waals surface area contributed by atoms with E-state index >= 15 is 0 Å². The smallest absolute Gasteiger partial charge is 0.243 e. The molecule has 0 bridgehead atoms. The maximum absolute atomic E-state index is 13.7. The van der Waals surface area contributed by atoms with Gasteiger partial charge >= 0.3 is 0 Å². The van der Waals surface area contributed by atoms with E-state index in [4.69, 9.17) is 4.74 Å². The summed E-state index contributed by atoms with van der Waals surface area (Å²) in [5.74, 6) is -0.256. The molecular formula is C21H24FN3O3S. The Balaban J connectivity index is 1.52. The second-order valence-corrected chi connectivity index (χ2v) is 9.68. The van der Waals surface area contributed by atoms with Gasteiger partial charge < -0.3 is 14.5 Å². The highest BCUT2D eigenvalue weighted by atomic mass is 32.2. The number of rotatable bonds is 4. The van der Waals surface area contributed by atoms with Crippen LogP contribution in [0.4, 0.5) is 15.8 Å². The molecule has 2 saturated heterocycles. The summed E-state index contributed by atoms with van der Waals surface area (Å²) in [6.45, 7) is 3.10. The van der Waals surface area contributed by atoms with Gasteiger partial charge in [-0.2, -0.15) is 4.31 Å². The number of hydrogen-bond acceptors (Lipinski definition) is 5. The van der Waals surface area contributed by atoms with Crippen molar-refractivity contribution < 1.29 is 17.5 Å². The van der Waals surface area contributed by atoms with Gasteiger partial charge in [-0.3, -0.25) is 0 Å². The van der Waals surface area contributed by atoms with Crippen molar-refractivity contribution in [2.45, 2.75) is 30.4 Å². The highest BCUT2D eigenvalue weighted by Crippen LogP contribution is 2.45. The summed E-state index contributed by atoms with van der Waals surface area (Å²) in [7, 11) is -3.56. The molecule has 29 heavy (non-hydrogen) atoms. The van der Waals surface area contributed by atoms with Gasteiger partial charge in [0.25, 0.3) is 0 Å². The van der Waals surface area contributed by atoms with E-state index in [0.717, 1.165) is 36.3 Å². The number of morpholine rings is 1. The van der Waals surface area contributed by atoms with E-state index in [9.17, 15) is 12.8 Å². The van der Waals surface area contributed by atoms with E-state index in [1.165, 1.54) is 10.4 Å². The van der Waals surface area contributed by atoms with Crippen LogP contribution in [-0.4, -0.2) is 51.7 Å². The van der Waals surface area contributed by atoms with Gasteiger partial charge in [0.15, 0.2) is 0 Å². The number of sulfonamides is 1. The van der Waals surface area contributed by atoms with Crippen LogP contribution in [-0.2, 0) is 21.3 Å². The predicted molar refractivity (Wildman–Crippen MR) is 109 cm³/mol. The van der Waals surface area contributed by atoms with Crippen LogP contribution in [0, 0.1) is 5.82 Å². The summed E-state index contributed by atoms with van der Waals surface area (Å²) in [4.78, 5) is 4.86. The maximum atomic E-state index is 13.7. The molecule has 1 atom stereocenters. The van der Waals surface area contributed by atoms with Crippen molar-refractivity contribution in [1.29, 1.82) is 0 Å². The SMILES string of the molecule is O=S(=O)(c1ccc2c(c1)N(Cc1cccc(F)c1)[C@@H]1CCCN21)N1CCOCC1. The minimum absolute atomic E-state index is 0.189. The Labute approximate surface area is 170 Å². The van der Waals surface area contributed by atoms with Gasteiger partial charge in [0.2, 0.25) is 10.0 Å². The molecule has 2 aromatic carbocycles. The van der Waals surface area contributed by atoms with Crippen LogP contribution in [0.25, 0.3) is 0 Å². The molecule has 8 heteroatoms. The Morgan fingerprint density at radius 2 is 1.86 bits per heavy atom.